The SMILES string of the molecule is COC(=O)[C@H](Cc1ccccc1I)NC(=O)Cc1cccc(F)c1. The van der Waals surface area contributed by atoms with Crippen LogP contribution in [0.25, 0.3) is 0 Å². The number of hydrogen-bond donors (Lipinski definition) is 1. The summed E-state index contributed by atoms with van der Waals surface area (Å²) >= 11 is 2.18. The molecule has 6 heteroatoms. The molecule has 1 atom stereocenters. The highest BCUT2D eigenvalue weighted by molar-refractivity contribution is 14.1. The molecule has 24 heavy (non-hydrogen) atoms. The fraction of sp³-hybridized carbons (Fsp3) is 0.222. The first-order valence-corrected chi connectivity index (χ1v) is 8.42. The van der Waals surface area contributed by atoms with Gasteiger partial charge in [-0.1, -0.05) is 30.3 Å². The summed E-state index contributed by atoms with van der Waals surface area (Å²) in [4.78, 5) is 24.2. The van der Waals surface area contributed by atoms with E-state index in [1.165, 1.54) is 19.2 Å². The molecule has 2 rings (SSSR count). The Morgan fingerprint density at radius 3 is 2.62 bits per heavy atom. The smallest absolute Gasteiger partial charge is 0.328 e. The summed E-state index contributed by atoms with van der Waals surface area (Å²) in [7, 11) is 1.28. The highest BCUT2D eigenvalue weighted by Gasteiger charge is 2.22. The van der Waals surface area contributed by atoms with Crippen molar-refractivity contribution in [2.45, 2.75) is 18.9 Å². The number of carbonyl (C=O) groups excluding carboxylic acids is 2. The number of esters is 1. The van der Waals surface area contributed by atoms with Gasteiger partial charge in [0.15, 0.2) is 0 Å². The summed E-state index contributed by atoms with van der Waals surface area (Å²) in [6.45, 7) is 0. The Kier molecular flexibility index (Phi) is 6.72. The van der Waals surface area contributed by atoms with Crippen LogP contribution >= 0.6 is 22.6 Å². The Labute approximate surface area is 153 Å². The summed E-state index contributed by atoms with van der Waals surface area (Å²) in [5.74, 6) is -1.27. The zero-order chi connectivity index (χ0) is 17.5. The van der Waals surface area contributed by atoms with Crippen LogP contribution in [0.1, 0.15) is 11.1 Å². The molecule has 0 aromatic heterocycles. The van der Waals surface area contributed by atoms with Gasteiger partial charge in [-0.15, -0.1) is 0 Å². The summed E-state index contributed by atoms with van der Waals surface area (Å²) in [6.07, 6.45) is 0.331. The van der Waals surface area contributed by atoms with Crippen molar-refractivity contribution in [3.05, 3.63) is 69.0 Å². The summed E-state index contributed by atoms with van der Waals surface area (Å²) < 4.78 is 19.0. The molecule has 0 unspecified atom stereocenters. The first-order chi connectivity index (χ1) is 11.5. The Balaban J connectivity index is 2.07. The molecule has 4 nitrogen and oxygen atoms in total. The van der Waals surface area contributed by atoms with Crippen molar-refractivity contribution >= 4 is 34.5 Å². The Morgan fingerprint density at radius 2 is 1.96 bits per heavy atom. The fourth-order valence-corrected chi connectivity index (χ4v) is 2.90. The predicted octanol–water partition coefficient (Wildman–Crippen LogP) is 2.87. The molecule has 0 saturated carbocycles. The van der Waals surface area contributed by atoms with Gasteiger partial charge in [0.05, 0.1) is 13.5 Å². The van der Waals surface area contributed by atoms with Crippen LogP contribution in [0.2, 0.25) is 0 Å². The van der Waals surface area contributed by atoms with Crippen molar-refractivity contribution in [3.8, 4) is 0 Å². The van der Waals surface area contributed by atoms with E-state index in [1.807, 2.05) is 24.3 Å². The van der Waals surface area contributed by atoms with E-state index in [1.54, 1.807) is 12.1 Å². The third kappa shape index (κ3) is 5.30. The Morgan fingerprint density at radius 1 is 1.21 bits per heavy atom. The van der Waals surface area contributed by atoms with Gasteiger partial charge in [-0.25, -0.2) is 9.18 Å². The van der Waals surface area contributed by atoms with Crippen LogP contribution in [-0.2, 0) is 27.2 Å². The van der Waals surface area contributed by atoms with Gasteiger partial charge in [0, 0.05) is 9.99 Å². The first kappa shape index (κ1) is 18.4. The van der Waals surface area contributed by atoms with Crippen LogP contribution in [0.15, 0.2) is 48.5 Å². The maximum absolute atomic E-state index is 13.2. The summed E-state index contributed by atoms with van der Waals surface area (Å²) in [5, 5.41) is 2.67. The lowest BCUT2D eigenvalue weighted by atomic mass is 10.1. The molecule has 0 aliphatic heterocycles. The molecular weight excluding hydrogens is 424 g/mol. The first-order valence-electron chi connectivity index (χ1n) is 7.34. The van der Waals surface area contributed by atoms with E-state index in [4.69, 9.17) is 4.74 Å². The largest absolute Gasteiger partial charge is 0.467 e. The Hall–Kier alpha value is -1.96. The number of amides is 1. The monoisotopic (exact) mass is 441 g/mol. The van der Waals surface area contributed by atoms with Gasteiger partial charge < -0.3 is 10.1 Å². The van der Waals surface area contributed by atoms with Crippen molar-refractivity contribution in [1.29, 1.82) is 0 Å². The summed E-state index contributed by atoms with van der Waals surface area (Å²) in [5.41, 5.74) is 1.49. The highest BCUT2D eigenvalue weighted by atomic mass is 127. The van der Waals surface area contributed by atoms with Crippen LogP contribution in [-0.4, -0.2) is 25.0 Å². The van der Waals surface area contributed by atoms with E-state index in [2.05, 4.69) is 27.9 Å². The van der Waals surface area contributed by atoms with Crippen molar-refractivity contribution < 1.29 is 18.7 Å². The molecule has 2 aromatic rings. The maximum Gasteiger partial charge on any atom is 0.328 e. The molecule has 0 saturated heterocycles. The maximum atomic E-state index is 13.2. The summed E-state index contributed by atoms with van der Waals surface area (Å²) in [6, 6.07) is 12.6. The van der Waals surface area contributed by atoms with Crippen molar-refractivity contribution in [2.24, 2.45) is 0 Å². The van der Waals surface area contributed by atoms with Gasteiger partial charge in [0.1, 0.15) is 11.9 Å². The van der Waals surface area contributed by atoms with Crippen molar-refractivity contribution in [3.63, 3.8) is 0 Å². The molecule has 0 fully saturated rings. The van der Waals surface area contributed by atoms with Gasteiger partial charge in [-0.3, -0.25) is 4.79 Å². The second-order valence-corrected chi connectivity index (χ2v) is 6.41. The number of hydrogen-bond acceptors (Lipinski definition) is 3. The average molecular weight is 441 g/mol. The number of rotatable bonds is 6. The van der Waals surface area contributed by atoms with E-state index < -0.39 is 17.8 Å². The molecule has 126 valence electrons. The number of halogens is 2. The van der Waals surface area contributed by atoms with E-state index >= 15 is 0 Å². The van der Waals surface area contributed by atoms with Gasteiger partial charge >= 0.3 is 5.97 Å². The van der Waals surface area contributed by atoms with Crippen LogP contribution in [0.5, 0.6) is 0 Å². The molecule has 0 aliphatic carbocycles. The van der Waals surface area contributed by atoms with Gasteiger partial charge in [0.25, 0.3) is 0 Å². The molecular formula is C18H17FINO3. The lowest BCUT2D eigenvalue weighted by Crippen LogP contribution is -2.43. The topological polar surface area (TPSA) is 55.4 Å². The third-order valence-corrected chi connectivity index (χ3v) is 4.51. The van der Waals surface area contributed by atoms with Crippen LogP contribution < -0.4 is 5.32 Å². The van der Waals surface area contributed by atoms with E-state index in [0.29, 0.717) is 12.0 Å². The predicted molar refractivity (Wildman–Crippen MR) is 96.9 cm³/mol. The second-order valence-electron chi connectivity index (χ2n) is 5.25. The van der Waals surface area contributed by atoms with Crippen LogP contribution in [0.3, 0.4) is 0 Å². The van der Waals surface area contributed by atoms with E-state index in [9.17, 15) is 14.0 Å². The number of nitrogens with one attached hydrogen (secondary N) is 1. The van der Waals surface area contributed by atoms with Crippen molar-refractivity contribution in [2.75, 3.05) is 7.11 Å². The van der Waals surface area contributed by atoms with Crippen LogP contribution in [0, 0.1) is 9.39 Å². The molecule has 0 radical (unpaired) electrons. The number of ether oxygens (including phenoxy) is 1. The molecule has 1 amide bonds. The zero-order valence-corrected chi connectivity index (χ0v) is 15.2. The normalized spacial score (nSPS) is 11.6. The number of benzene rings is 2. The van der Waals surface area contributed by atoms with Gasteiger partial charge in [-0.2, -0.15) is 0 Å². The molecule has 0 heterocycles. The fourth-order valence-electron chi connectivity index (χ4n) is 2.30. The molecule has 0 spiro atoms. The van der Waals surface area contributed by atoms with Gasteiger partial charge in [0.2, 0.25) is 5.91 Å². The zero-order valence-electron chi connectivity index (χ0n) is 13.1. The minimum Gasteiger partial charge on any atom is -0.467 e. The Bertz CT molecular complexity index is 736. The third-order valence-electron chi connectivity index (χ3n) is 3.46. The number of methoxy groups -OCH3 is 1. The van der Waals surface area contributed by atoms with E-state index in [-0.39, 0.29) is 12.3 Å². The van der Waals surface area contributed by atoms with Crippen LogP contribution in [0.4, 0.5) is 4.39 Å². The average Bonchev–Trinajstić information content (AvgIpc) is 2.55. The minimum absolute atomic E-state index is 0.00284. The molecule has 2 aromatic carbocycles. The number of carbonyl (C=O) groups is 2. The van der Waals surface area contributed by atoms with Gasteiger partial charge in [-0.05, 0) is 51.9 Å². The highest BCUT2D eigenvalue weighted by Crippen LogP contribution is 2.14. The quantitative estimate of drug-likeness (QED) is 0.554. The molecule has 0 bridgehead atoms. The lowest BCUT2D eigenvalue weighted by molar-refractivity contribution is -0.145. The van der Waals surface area contributed by atoms with E-state index in [0.717, 1.165) is 9.13 Å². The second kappa shape index (κ2) is 8.77. The molecule has 1 N–H and O–H groups in total. The lowest BCUT2D eigenvalue weighted by Gasteiger charge is -2.17. The minimum atomic E-state index is -0.785. The van der Waals surface area contributed by atoms with Crippen molar-refractivity contribution in [1.82, 2.24) is 5.32 Å². The molecule has 0 aliphatic rings. The standard InChI is InChI=1S/C18H17FINO3/c1-24-18(23)16(11-13-6-2-3-8-15(13)20)21-17(22)10-12-5-4-7-14(19)9-12/h2-9,16H,10-11H2,1H3,(H,21,22)/t16-/m0/s1.